The van der Waals surface area contributed by atoms with Crippen molar-refractivity contribution in [2.75, 3.05) is 0 Å². The van der Waals surface area contributed by atoms with E-state index >= 15 is 0 Å². The molecule has 1 unspecified atom stereocenters. The fourth-order valence-electron chi connectivity index (χ4n) is 1.74. The first-order chi connectivity index (χ1) is 9.38. The molecule has 0 saturated heterocycles. The van der Waals surface area contributed by atoms with Gasteiger partial charge in [-0.2, -0.15) is 13.2 Å². The van der Waals surface area contributed by atoms with Crippen LogP contribution in [0, 0.1) is 0 Å². The van der Waals surface area contributed by atoms with Crippen molar-refractivity contribution < 1.29 is 22.7 Å². The van der Waals surface area contributed by atoms with Gasteiger partial charge in [0.1, 0.15) is 6.10 Å². The van der Waals surface area contributed by atoms with Crippen molar-refractivity contribution >= 4 is 37.2 Å². The zero-order valence-corrected chi connectivity index (χ0v) is 14.2. The van der Waals surface area contributed by atoms with Gasteiger partial charge in [-0.15, -0.1) is 0 Å². The van der Waals surface area contributed by atoms with E-state index < -0.39 is 26.3 Å². The summed E-state index contributed by atoms with van der Waals surface area (Å²) in [5.74, 6) is -2.21. The highest BCUT2D eigenvalue weighted by Crippen LogP contribution is 2.33. The Morgan fingerprint density at radius 2 is 1.67 bits per heavy atom. The minimum atomic E-state index is -5.03. The maximum Gasteiger partial charge on any atom is 0.490 e. The summed E-state index contributed by atoms with van der Waals surface area (Å²) in [6.07, 6.45) is -6.04. The molecule has 0 aliphatic rings. The average molecular weight is 359 g/mol. The molecule has 0 bridgehead atoms. The molecule has 1 aromatic carbocycles. The lowest BCUT2D eigenvalue weighted by atomic mass is 10.1. The van der Waals surface area contributed by atoms with E-state index in [1.54, 1.807) is 0 Å². The Hall–Kier alpha value is -0.723. The molecular weight excluding hydrogens is 344 g/mol. The molecule has 0 amide bonds. The van der Waals surface area contributed by atoms with E-state index in [1.165, 1.54) is 18.2 Å². The van der Waals surface area contributed by atoms with Crippen molar-refractivity contribution in [3.05, 3.63) is 33.8 Å². The smallest absolute Gasteiger partial charge is 0.451 e. The van der Waals surface area contributed by atoms with Crippen molar-refractivity contribution in [3.8, 4) is 0 Å². The van der Waals surface area contributed by atoms with Crippen LogP contribution < -0.4 is 0 Å². The molecule has 0 fully saturated rings. The monoisotopic (exact) mass is 358 g/mol. The Bertz CT molecular complexity index is 507. The van der Waals surface area contributed by atoms with Crippen LogP contribution in [0.3, 0.4) is 0 Å². The molecule has 0 spiro atoms. The number of hydrogen-bond acceptors (Lipinski definition) is 2. The molecule has 0 aromatic heterocycles. The van der Waals surface area contributed by atoms with Crippen LogP contribution in [0.1, 0.15) is 11.7 Å². The van der Waals surface area contributed by atoms with Crippen molar-refractivity contribution in [1.82, 2.24) is 0 Å². The number of rotatable bonds is 4. The van der Waals surface area contributed by atoms with Crippen LogP contribution in [0.15, 0.2) is 18.2 Å². The predicted molar refractivity (Wildman–Crippen MR) is 79.5 cm³/mol. The molecule has 118 valence electrons. The molecule has 1 rings (SSSR count). The van der Waals surface area contributed by atoms with Crippen LogP contribution in [0.2, 0.25) is 35.7 Å². The van der Waals surface area contributed by atoms with Gasteiger partial charge in [0.25, 0.3) is 0 Å². The van der Waals surface area contributed by atoms with Gasteiger partial charge in [-0.3, -0.25) is 0 Å². The van der Waals surface area contributed by atoms with E-state index in [9.17, 15) is 18.0 Å². The largest absolute Gasteiger partial charge is 0.490 e. The number of ether oxygens (including phenoxy) is 1. The number of esters is 1. The molecule has 0 saturated carbocycles. The molecule has 2 nitrogen and oxygen atoms in total. The number of carbonyl (C=O) groups excluding carboxylic acids is 1. The van der Waals surface area contributed by atoms with Gasteiger partial charge in [0.05, 0.1) is 0 Å². The third-order valence-corrected chi connectivity index (χ3v) is 4.57. The normalized spacial score (nSPS) is 13.9. The highest BCUT2D eigenvalue weighted by molar-refractivity contribution is 6.76. The summed E-state index contributed by atoms with van der Waals surface area (Å²) in [7, 11) is -1.79. The Labute approximate surface area is 132 Å². The quantitative estimate of drug-likeness (QED) is 0.526. The number of alkyl halides is 3. The summed E-state index contributed by atoms with van der Waals surface area (Å²) in [5, 5.41) is 0.558. The lowest BCUT2D eigenvalue weighted by Crippen LogP contribution is -2.31. The van der Waals surface area contributed by atoms with Gasteiger partial charge in [-0.25, -0.2) is 4.79 Å². The SMILES string of the molecule is C[Si](C)(C)CC(OC(=O)C(F)(F)F)c1cc(Cl)cc(Cl)c1. The van der Waals surface area contributed by atoms with Crippen LogP contribution in [-0.4, -0.2) is 20.2 Å². The van der Waals surface area contributed by atoms with Gasteiger partial charge in [0.2, 0.25) is 0 Å². The molecular formula is C13H15Cl2F3O2Si. The van der Waals surface area contributed by atoms with E-state index in [0.717, 1.165) is 0 Å². The van der Waals surface area contributed by atoms with Crippen molar-refractivity contribution in [3.63, 3.8) is 0 Å². The lowest BCUT2D eigenvalue weighted by Gasteiger charge is -2.25. The third kappa shape index (κ3) is 6.28. The highest BCUT2D eigenvalue weighted by Gasteiger charge is 2.43. The minimum Gasteiger partial charge on any atom is -0.451 e. The van der Waals surface area contributed by atoms with Crippen molar-refractivity contribution in [1.29, 1.82) is 0 Å². The Balaban J connectivity index is 3.10. The zero-order valence-electron chi connectivity index (χ0n) is 11.7. The van der Waals surface area contributed by atoms with Crippen LogP contribution in [0.4, 0.5) is 13.2 Å². The molecule has 0 N–H and O–H groups in total. The third-order valence-electron chi connectivity index (χ3n) is 2.54. The summed E-state index contributed by atoms with van der Waals surface area (Å²) < 4.78 is 41.8. The Morgan fingerprint density at radius 1 is 1.19 bits per heavy atom. The second-order valence-corrected chi connectivity index (χ2v) is 12.3. The molecule has 0 aliphatic carbocycles. The number of hydrogen-bond donors (Lipinski definition) is 0. The van der Waals surface area contributed by atoms with E-state index in [0.29, 0.717) is 11.6 Å². The van der Waals surface area contributed by atoms with Gasteiger partial charge in [0.15, 0.2) is 0 Å². The van der Waals surface area contributed by atoms with E-state index in [4.69, 9.17) is 23.2 Å². The zero-order chi connectivity index (χ0) is 16.4. The topological polar surface area (TPSA) is 26.3 Å². The van der Waals surface area contributed by atoms with Crippen LogP contribution >= 0.6 is 23.2 Å². The molecule has 0 heterocycles. The first-order valence-corrected chi connectivity index (χ1v) is 10.6. The summed E-state index contributed by atoms with van der Waals surface area (Å²) in [6.45, 7) is 5.90. The van der Waals surface area contributed by atoms with Crippen LogP contribution in [-0.2, 0) is 9.53 Å². The first-order valence-electron chi connectivity index (χ1n) is 6.12. The van der Waals surface area contributed by atoms with Crippen molar-refractivity contribution in [2.24, 2.45) is 0 Å². The predicted octanol–water partition coefficient (Wildman–Crippen LogP) is 5.48. The van der Waals surface area contributed by atoms with Gasteiger partial charge in [-0.1, -0.05) is 42.8 Å². The maximum atomic E-state index is 12.4. The molecule has 21 heavy (non-hydrogen) atoms. The number of halogens is 5. The van der Waals surface area contributed by atoms with E-state index in [-0.39, 0.29) is 10.0 Å². The molecule has 1 atom stereocenters. The summed E-state index contributed by atoms with van der Waals surface area (Å²) in [5.41, 5.74) is 0.368. The average Bonchev–Trinajstić information content (AvgIpc) is 2.23. The van der Waals surface area contributed by atoms with Gasteiger partial charge in [-0.05, 0) is 29.8 Å². The summed E-state index contributed by atoms with van der Waals surface area (Å²) in [4.78, 5) is 11.1. The van der Waals surface area contributed by atoms with Gasteiger partial charge < -0.3 is 4.74 Å². The fourth-order valence-corrected chi connectivity index (χ4v) is 3.72. The van der Waals surface area contributed by atoms with Crippen molar-refractivity contribution in [2.45, 2.75) is 38.0 Å². The standard InChI is InChI=1S/C13H15Cl2F3O2Si/c1-21(2,3)7-11(20-12(19)13(16,17)18)8-4-9(14)6-10(15)5-8/h4-6,11H,7H2,1-3H3. The second-order valence-electron chi connectivity index (χ2n) is 5.86. The Morgan fingerprint density at radius 3 is 2.05 bits per heavy atom. The highest BCUT2D eigenvalue weighted by atomic mass is 35.5. The van der Waals surface area contributed by atoms with E-state index in [1.807, 2.05) is 19.6 Å². The Kier molecular flexibility index (Phi) is 5.74. The van der Waals surface area contributed by atoms with Gasteiger partial charge >= 0.3 is 12.1 Å². The summed E-state index contributed by atoms with van der Waals surface area (Å²) >= 11 is 11.7. The molecule has 1 aromatic rings. The van der Waals surface area contributed by atoms with Crippen LogP contribution in [0.25, 0.3) is 0 Å². The first kappa shape index (κ1) is 18.3. The molecule has 0 radical (unpaired) electrons. The van der Waals surface area contributed by atoms with Gasteiger partial charge in [0, 0.05) is 18.1 Å². The maximum absolute atomic E-state index is 12.4. The number of benzene rings is 1. The fraction of sp³-hybridized carbons (Fsp3) is 0.462. The molecule has 8 heteroatoms. The van der Waals surface area contributed by atoms with Crippen LogP contribution in [0.5, 0.6) is 0 Å². The van der Waals surface area contributed by atoms with E-state index in [2.05, 4.69) is 4.74 Å². The number of carbonyl (C=O) groups is 1. The lowest BCUT2D eigenvalue weighted by molar-refractivity contribution is -0.204. The minimum absolute atomic E-state index is 0.279. The second kappa shape index (κ2) is 6.58. The summed E-state index contributed by atoms with van der Waals surface area (Å²) in [6, 6.07) is 4.72. The molecule has 0 aliphatic heterocycles.